The Balaban J connectivity index is 2.89. The third kappa shape index (κ3) is 3.14. The van der Waals surface area contributed by atoms with Crippen molar-refractivity contribution in [2.75, 3.05) is 18.0 Å². The molecule has 0 radical (unpaired) electrons. The van der Waals surface area contributed by atoms with Crippen LogP contribution in [0.3, 0.4) is 0 Å². The van der Waals surface area contributed by atoms with Gasteiger partial charge in [-0.3, -0.25) is 0 Å². The number of anilines is 1. The van der Waals surface area contributed by atoms with E-state index < -0.39 is 0 Å². The number of phenols is 1. The van der Waals surface area contributed by atoms with Crippen LogP contribution in [0.2, 0.25) is 0 Å². The van der Waals surface area contributed by atoms with Gasteiger partial charge in [-0.05, 0) is 38.8 Å². The summed E-state index contributed by atoms with van der Waals surface area (Å²) in [6.45, 7) is 8.05. The largest absolute Gasteiger partial charge is 0.508 e. The highest BCUT2D eigenvalue weighted by atomic mass is 16.3. The lowest BCUT2D eigenvalue weighted by atomic mass is 10.1. The van der Waals surface area contributed by atoms with E-state index in [4.69, 9.17) is 5.73 Å². The summed E-state index contributed by atoms with van der Waals surface area (Å²) < 4.78 is 0. The van der Waals surface area contributed by atoms with Crippen molar-refractivity contribution >= 4 is 5.69 Å². The van der Waals surface area contributed by atoms with Crippen molar-refractivity contribution in [1.29, 1.82) is 0 Å². The molecule has 1 atom stereocenters. The summed E-state index contributed by atoms with van der Waals surface area (Å²) in [7, 11) is 0. The maximum atomic E-state index is 9.90. The summed E-state index contributed by atoms with van der Waals surface area (Å²) in [6, 6.07) is 5.91. The fraction of sp³-hybridized carbons (Fsp3) is 0.538. The molecule has 0 unspecified atom stereocenters. The van der Waals surface area contributed by atoms with Crippen LogP contribution in [0.4, 0.5) is 5.69 Å². The molecule has 0 aliphatic carbocycles. The Labute approximate surface area is 97.9 Å². The number of hydrogen-bond acceptors (Lipinski definition) is 3. The SMILES string of the molecule is CCN(CC)c1ccc(C[C@@H](C)N)c(O)c1. The van der Waals surface area contributed by atoms with Crippen molar-refractivity contribution in [3.05, 3.63) is 23.8 Å². The smallest absolute Gasteiger partial charge is 0.120 e. The molecule has 3 N–H and O–H groups in total. The summed E-state index contributed by atoms with van der Waals surface area (Å²) in [4.78, 5) is 2.20. The molecule has 0 bridgehead atoms. The second-order valence-corrected chi connectivity index (χ2v) is 4.17. The average molecular weight is 222 g/mol. The average Bonchev–Trinajstić information content (AvgIpc) is 2.23. The second-order valence-electron chi connectivity index (χ2n) is 4.17. The highest BCUT2D eigenvalue weighted by Gasteiger charge is 2.07. The number of aromatic hydroxyl groups is 1. The van der Waals surface area contributed by atoms with Gasteiger partial charge in [-0.1, -0.05) is 6.07 Å². The Morgan fingerprint density at radius 1 is 1.31 bits per heavy atom. The highest BCUT2D eigenvalue weighted by Crippen LogP contribution is 2.25. The maximum Gasteiger partial charge on any atom is 0.120 e. The molecule has 90 valence electrons. The zero-order valence-corrected chi connectivity index (χ0v) is 10.4. The second kappa shape index (κ2) is 5.75. The first-order valence-electron chi connectivity index (χ1n) is 5.90. The zero-order chi connectivity index (χ0) is 12.1. The van der Waals surface area contributed by atoms with Crippen molar-refractivity contribution in [2.24, 2.45) is 5.73 Å². The van der Waals surface area contributed by atoms with Gasteiger partial charge >= 0.3 is 0 Å². The summed E-state index contributed by atoms with van der Waals surface area (Å²) >= 11 is 0. The molecule has 1 aromatic carbocycles. The van der Waals surface area contributed by atoms with Crippen molar-refractivity contribution in [1.82, 2.24) is 0 Å². The van der Waals surface area contributed by atoms with Crippen LogP contribution in [-0.2, 0) is 6.42 Å². The van der Waals surface area contributed by atoms with E-state index in [2.05, 4.69) is 18.7 Å². The summed E-state index contributed by atoms with van der Waals surface area (Å²) in [5, 5.41) is 9.90. The number of hydrogen-bond donors (Lipinski definition) is 2. The van der Waals surface area contributed by atoms with Crippen LogP contribution in [0.15, 0.2) is 18.2 Å². The Hall–Kier alpha value is -1.22. The molecule has 1 aromatic rings. The van der Waals surface area contributed by atoms with E-state index >= 15 is 0 Å². The van der Waals surface area contributed by atoms with E-state index in [0.717, 1.165) is 24.3 Å². The highest BCUT2D eigenvalue weighted by molar-refractivity contribution is 5.53. The van der Waals surface area contributed by atoms with Crippen molar-refractivity contribution in [2.45, 2.75) is 33.2 Å². The van der Waals surface area contributed by atoms with E-state index in [0.29, 0.717) is 12.2 Å². The Bertz CT molecular complexity index is 333. The van der Waals surface area contributed by atoms with Gasteiger partial charge in [-0.25, -0.2) is 0 Å². The molecule has 0 spiro atoms. The molecule has 0 aliphatic heterocycles. The standard InChI is InChI=1S/C13H22N2O/c1-4-15(5-2)12-7-6-11(8-10(3)14)13(16)9-12/h6-7,9-10,16H,4-5,8,14H2,1-3H3/t10-/m1/s1. The predicted molar refractivity (Wildman–Crippen MR) is 69.0 cm³/mol. The molecule has 16 heavy (non-hydrogen) atoms. The van der Waals surface area contributed by atoms with Gasteiger partial charge in [0, 0.05) is 30.9 Å². The third-order valence-corrected chi connectivity index (χ3v) is 2.74. The minimum absolute atomic E-state index is 0.0743. The van der Waals surface area contributed by atoms with Crippen LogP contribution in [0, 0.1) is 0 Å². The van der Waals surface area contributed by atoms with Crippen LogP contribution in [0.25, 0.3) is 0 Å². The van der Waals surface area contributed by atoms with Crippen molar-refractivity contribution < 1.29 is 5.11 Å². The molecule has 1 rings (SSSR count). The molecule has 0 fully saturated rings. The van der Waals surface area contributed by atoms with Crippen LogP contribution in [0.5, 0.6) is 5.75 Å². The van der Waals surface area contributed by atoms with Gasteiger partial charge in [-0.15, -0.1) is 0 Å². The minimum Gasteiger partial charge on any atom is -0.508 e. The molecule has 0 aromatic heterocycles. The molecule has 3 nitrogen and oxygen atoms in total. The molecular weight excluding hydrogens is 200 g/mol. The Morgan fingerprint density at radius 3 is 2.38 bits per heavy atom. The van der Waals surface area contributed by atoms with Crippen molar-refractivity contribution in [3.63, 3.8) is 0 Å². The monoisotopic (exact) mass is 222 g/mol. The number of nitrogens with zero attached hydrogens (tertiary/aromatic N) is 1. The Kier molecular flexibility index (Phi) is 4.62. The molecular formula is C13H22N2O. The van der Waals surface area contributed by atoms with Gasteiger partial charge in [0.05, 0.1) is 0 Å². The van der Waals surface area contributed by atoms with Crippen LogP contribution in [-0.4, -0.2) is 24.2 Å². The predicted octanol–water partition coefficient (Wildman–Crippen LogP) is 2.13. The minimum atomic E-state index is 0.0743. The zero-order valence-electron chi connectivity index (χ0n) is 10.4. The first-order valence-corrected chi connectivity index (χ1v) is 5.90. The number of phenolic OH excluding ortho intramolecular Hbond substituents is 1. The van der Waals surface area contributed by atoms with Crippen molar-refractivity contribution in [3.8, 4) is 5.75 Å². The third-order valence-electron chi connectivity index (χ3n) is 2.74. The summed E-state index contributed by atoms with van der Waals surface area (Å²) in [5.41, 5.74) is 7.71. The van der Waals surface area contributed by atoms with Gasteiger partial charge < -0.3 is 15.7 Å². The summed E-state index contributed by atoms with van der Waals surface area (Å²) in [6.07, 6.45) is 0.713. The first kappa shape index (κ1) is 12.8. The van der Waals surface area contributed by atoms with Gasteiger partial charge in [-0.2, -0.15) is 0 Å². The Morgan fingerprint density at radius 2 is 1.94 bits per heavy atom. The van der Waals surface area contributed by atoms with Crippen LogP contribution in [0.1, 0.15) is 26.3 Å². The molecule has 0 saturated heterocycles. The fourth-order valence-corrected chi connectivity index (χ4v) is 1.86. The van der Waals surface area contributed by atoms with E-state index in [1.54, 1.807) is 0 Å². The lowest BCUT2D eigenvalue weighted by molar-refractivity contribution is 0.465. The molecule has 0 aliphatic rings. The number of benzene rings is 1. The molecule has 3 heteroatoms. The normalized spacial score (nSPS) is 12.5. The molecule has 0 heterocycles. The quantitative estimate of drug-likeness (QED) is 0.802. The first-order chi connectivity index (χ1) is 7.58. The van der Waals surface area contributed by atoms with Gasteiger partial charge in [0.1, 0.15) is 5.75 Å². The molecule has 0 amide bonds. The lowest BCUT2D eigenvalue weighted by Crippen LogP contribution is -2.22. The maximum absolute atomic E-state index is 9.90. The van der Waals surface area contributed by atoms with E-state index in [9.17, 15) is 5.11 Å². The number of nitrogens with two attached hydrogens (primary N) is 1. The summed E-state index contributed by atoms with van der Waals surface area (Å²) in [5.74, 6) is 0.349. The van der Waals surface area contributed by atoms with E-state index in [-0.39, 0.29) is 6.04 Å². The van der Waals surface area contributed by atoms with Crippen LogP contribution >= 0.6 is 0 Å². The fourth-order valence-electron chi connectivity index (χ4n) is 1.86. The van der Waals surface area contributed by atoms with Crippen LogP contribution < -0.4 is 10.6 Å². The topological polar surface area (TPSA) is 49.5 Å². The van der Waals surface area contributed by atoms with Gasteiger partial charge in [0.25, 0.3) is 0 Å². The molecule has 0 saturated carbocycles. The lowest BCUT2D eigenvalue weighted by Gasteiger charge is -2.21. The number of rotatable bonds is 5. The van der Waals surface area contributed by atoms with Gasteiger partial charge in [0.15, 0.2) is 0 Å². The van der Waals surface area contributed by atoms with Gasteiger partial charge in [0.2, 0.25) is 0 Å². The van der Waals surface area contributed by atoms with E-state index in [1.165, 1.54) is 0 Å². The van der Waals surface area contributed by atoms with E-state index in [1.807, 2.05) is 25.1 Å².